The molecule has 0 aliphatic carbocycles. The van der Waals surface area contributed by atoms with Crippen LogP contribution in [0.3, 0.4) is 0 Å². The number of hydrogen-bond acceptors (Lipinski definition) is 3. The molecule has 1 aromatic carbocycles. The Balaban J connectivity index is 2.87. The summed E-state index contributed by atoms with van der Waals surface area (Å²) < 4.78 is 47.6. The second-order valence-electron chi connectivity index (χ2n) is 4.09. The van der Waals surface area contributed by atoms with E-state index in [0.717, 1.165) is 5.56 Å². The van der Waals surface area contributed by atoms with Crippen molar-refractivity contribution in [3.8, 4) is 11.5 Å². The quantitative estimate of drug-likeness (QED) is 0.811. The van der Waals surface area contributed by atoms with E-state index in [4.69, 9.17) is 15.2 Å². The Morgan fingerprint density at radius 3 is 2.50 bits per heavy atom. The second-order valence-corrected chi connectivity index (χ2v) is 4.94. The van der Waals surface area contributed by atoms with Crippen molar-refractivity contribution in [3.63, 3.8) is 0 Å². The Bertz CT molecular complexity index is 438. The van der Waals surface area contributed by atoms with Gasteiger partial charge in [0, 0.05) is 0 Å². The fraction of sp³-hybridized carbons (Fsp3) is 0.538. The van der Waals surface area contributed by atoms with Gasteiger partial charge in [-0.05, 0) is 53.5 Å². The summed E-state index contributed by atoms with van der Waals surface area (Å²) in [6, 6.07) is 3.52. The van der Waals surface area contributed by atoms with Gasteiger partial charge in [0.2, 0.25) is 0 Å². The highest BCUT2D eigenvalue weighted by Gasteiger charge is 2.27. The van der Waals surface area contributed by atoms with Crippen molar-refractivity contribution in [1.29, 1.82) is 0 Å². The van der Waals surface area contributed by atoms with E-state index >= 15 is 0 Å². The van der Waals surface area contributed by atoms with Gasteiger partial charge in [-0.15, -0.1) is 0 Å². The van der Waals surface area contributed by atoms with Crippen LogP contribution in [-0.2, 0) is 6.42 Å². The second kappa shape index (κ2) is 7.73. The fourth-order valence-electron chi connectivity index (χ4n) is 1.60. The van der Waals surface area contributed by atoms with Crippen LogP contribution in [0.25, 0.3) is 0 Å². The zero-order valence-electron chi connectivity index (χ0n) is 11.1. The highest BCUT2D eigenvalue weighted by molar-refractivity contribution is 9.10. The molecule has 3 nitrogen and oxygen atoms in total. The molecule has 0 spiro atoms. The molecule has 0 aliphatic rings. The molecule has 114 valence electrons. The van der Waals surface area contributed by atoms with Gasteiger partial charge in [0.1, 0.15) is 0 Å². The summed E-state index contributed by atoms with van der Waals surface area (Å²) >= 11 is 3.29. The number of ether oxygens (including phenoxy) is 2. The molecular formula is C13H17BrF3NO2. The Morgan fingerprint density at radius 1 is 1.25 bits per heavy atom. The molecule has 0 fully saturated rings. The summed E-state index contributed by atoms with van der Waals surface area (Å²) in [4.78, 5) is 0. The highest BCUT2D eigenvalue weighted by atomic mass is 79.9. The minimum Gasteiger partial charge on any atom is -0.490 e. The van der Waals surface area contributed by atoms with Crippen LogP contribution < -0.4 is 15.2 Å². The predicted octanol–water partition coefficient (Wildman–Crippen LogP) is 3.68. The summed E-state index contributed by atoms with van der Waals surface area (Å²) in [6.07, 6.45) is -4.59. The third-order valence-corrected chi connectivity index (χ3v) is 3.02. The van der Waals surface area contributed by atoms with Gasteiger partial charge in [-0.1, -0.05) is 0 Å². The lowest BCUT2D eigenvalue weighted by Gasteiger charge is -2.16. The van der Waals surface area contributed by atoms with Crippen LogP contribution >= 0.6 is 15.9 Å². The predicted molar refractivity (Wildman–Crippen MR) is 74.2 cm³/mol. The average molecular weight is 356 g/mol. The fourth-order valence-corrected chi connectivity index (χ4v) is 2.21. The molecule has 0 aliphatic heterocycles. The van der Waals surface area contributed by atoms with E-state index in [-0.39, 0.29) is 5.75 Å². The number of hydrogen-bond donors (Lipinski definition) is 1. The lowest BCUT2D eigenvalue weighted by atomic mass is 10.1. The summed E-state index contributed by atoms with van der Waals surface area (Å²) in [5, 5.41) is 0. The summed E-state index contributed by atoms with van der Waals surface area (Å²) in [6.45, 7) is 2.22. The molecule has 0 atom stereocenters. The molecule has 20 heavy (non-hydrogen) atoms. The van der Waals surface area contributed by atoms with Crippen molar-refractivity contribution in [3.05, 3.63) is 22.2 Å². The summed E-state index contributed by atoms with van der Waals surface area (Å²) in [7, 11) is 0. The Labute approximate surface area is 124 Å². The summed E-state index contributed by atoms with van der Waals surface area (Å²) in [5.41, 5.74) is 6.42. The number of nitrogens with two attached hydrogens (primary N) is 1. The van der Waals surface area contributed by atoms with Crippen molar-refractivity contribution >= 4 is 15.9 Å². The Morgan fingerprint density at radius 2 is 1.95 bits per heavy atom. The minimum absolute atomic E-state index is 0.289. The van der Waals surface area contributed by atoms with Crippen molar-refractivity contribution in [2.45, 2.75) is 25.9 Å². The number of alkyl halides is 3. The molecule has 0 saturated carbocycles. The number of halogens is 4. The van der Waals surface area contributed by atoms with Crippen LogP contribution in [0.4, 0.5) is 13.2 Å². The minimum atomic E-state index is -4.24. The van der Waals surface area contributed by atoms with Crippen molar-refractivity contribution < 1.29 is 22.6 Å². The standard InChI is InChI=1S/C13H17BrF3NO2/c1-2-19-11-8-9(3-5-18)7-10(14)12(11)20-6-4-13(15,16)17/h7-8H,2-6,18H2,1H3. The van der Waals surface area contributed by atoms with Crippen molar-refractivity contribution in [2.75, 3.05) is 19.8 Å². The Hall–Kier alpha value is -0.950. The van der Waals surface area contributed by atoms with Gasteiger partial charge in [-0.3, -0.25) is 0 Å². The maximum Gasteiger partial charge on any atom is 0.392 e. The van der Waals surface area contributed by atoms with E-state index < -0.39 is 19.2 Å². The molecule has 2 N–H and O–H groups in total. The van der Waals surface area contributed by atoms with E-state index in [9.17, 15) is 13.2 Å². The van der Waals surface area contributed by atoms with Crippen LogP contribution in [0.15, 0.2) is 16.6 Å². The first kappa shape index (κ1) is 17.1. The van der Waals surface area contributed by atoms with E-state index in [1.54, 1.807) is 19.1 Å². The van der Waals surface area contributed by atoms with Gasteiger partial charge in [-0.2, -0.15) is 13.2 Å². The van der Waals surface area contributed by atoms with Gasteiger partial charge in [0.25, 0.3) is 0 Å². The largest absolute Gasteiger partial charge is 0.490 e. The first-order valence-corrected chi connectivity index (χ1v) is 7.01. The molecular weight excluding hydrogens is 339 g/mol. The molecule has 0 radical (unpaired) electrons. The first-order chi connectivity index (χ1) is 9.37. The molecule has 1 aromatic rings. The maximum absolute atomic E-state index is 12.1. The van der Waals surface area contributed by atoms with E-state index in [0.29, 0.717) is 29.8 Å². The van der Waals surface area contributed by atoms with E-state index in [1.165, 1.54) is 0 Å². The van der Waals surface area contributed by atoms with E-state index in [2.05, 4.69) is 15.9 Å². The molecule has 7 heteroatoms. The number of benzene rings is 1. The van der Waals surface area contributed by atoms with Gasteiger partial charge in [0.05, 0.1) is 24.1 Å². The molecule has 0 unspecified atom stereocenters. The summed E-state index contributed by atoms with van der Waals surface area (Å²) in [5.74, 6) is 0.712. The zero-order chi connectivity index (χ0) is 15.2. The third-order valence-electron chi connectivity index (χ3n) is 2.43. The highest BCUT2D eigenvalue weighted by Crippen LogP contribution is 2.37. The molecule has 1 rings (SSSR count). The number of rotatable bonds is 7. The first-order valence-electron chi connectivity index (χ1n) is 6.22. The average Bonchev–Trinajstić information content (AvgIpc) is 2.32. The smallest absolute Gasteiger partial charge is 0.392 e. The molecule has 0 heterocycles. The molecule has 0 saturated heterocycles. The SMILES string of the molecule is CCOc1cc(CCN)cc(Br)c1OCCC(F)(F)F. The van der Waals surface area contributed by atoms with Crippen LogP contribution in [0.2, 0.25) is 0 Å². The zero-order valence-corrected chi connectivity index (χ0v) is 12.7. The van der Waals surface area contributed by atoms with Crippen LogP contribution in [0.5, 0.6) is 11.5 Å². The van der Waals surface area contributed by atoms with Crippen molar-refractivity contribution in [2.24, 2.45) is 5.73 Å². The van der Waals surface area contributed by atoms with Gasteiger partial charge in [-0.25, -0.2) is 0 Å². The van der Waals surface area contributed by atoms with Crippen molar-refractivity contribution in [1.82, 2.24) is 0 Å². The monoisotopic (exact) mass is 355 g/mol. The third kappa shape index (κ3) is 5.58. The normalized spacial score (nSPS) is 11.5. The maximum atomic E-state index is 12.1. The van der Waals surface area contributed by atoms with Crippen LogP contribution in [0, 0.1) is 0 Å². The molecule has 0 aromatic heterocycles. The molecule has 0 amide bonds. The van der Waals surface area contributed by atoms with Gasteiger partial charge in [0.15, 0.2) is 11.5 Å². The van der Waals surface area contributed by atoms with Crippen LogP contribution in [0.1, 0.15) is 18.9 Å². The lowest BCUT2D eigenvalue weighted by Crippen LogP contribution is -2.13. The topological polar surface area (TPSA) is 44.5 Å². The van der Waals surface area contributed by atoms with Gasteiger partial charge >= 0.3 is 6.18 Å². The Kier molecular flexibility index (Phi) is 6.61. The van der Waals surface area contributed by atoms with Crippen LogP contribution in [-0.4, -0.2) is 25.9 Å². The van der Waals surface area contributed by atoms with E-state index in [1.807, 2.05) is 0 Å². The molecule has 0 bridgehead atoms. The lowest BCUT2D eigenvalue weighted by molar-refractivity contribution is -0.139. The van der Waals surface area contributed by atoms with Gasteiger partial charge < -0.3 is 15.2 Å².